The minimum absolute atomic E-state index is 0.0178. The first-order valence-electron chi connectivity index (χ1n) is 13.5. The van der Waals surface area contributed by atoms with Crippen LogP contribution < -0.4 is 9.64 Å². The third-order valence-corrected chi connectivity index (χ3v) is 8.08. The highest BCUT2D eigenvalue weighted by Crippen LogP contribution is 2.46. The fraction of sp³-hybridized carbons (Fsp3) is 0.323. The van der Waals surface area contributed by atoms with Gasteiger partial charge in [0.15, 0.2) is 5.78 Å². The number of rotatable bonds is 4. The topological polar surface area (TPSA) is 85.9 Å². The maximum Gasteiger partial charge on any atom is 0.415 e. The van der Waals surface area contributed by atoms with Crippen LogP contribution >= 0.6 is 0 Å². The highest BCUT2D eigenvalue weighted by Gasteiger charge is 2.35. The molecular weight excluding hydrogens is 492 g/mol. The van der Waals surface area contributed by atoms with Crippen LogP contribution in [0.3, 0.4) is 0 Å². The van der Waals surface area contributed by atoms with Gasteiger partial charge in [-0.25, -0.2) is 4.79 Å². The second-order valence-electron chi connectivity index (χ2n) is 10.6. The van der Waals surface area contributed by atoms with Crippen molar-refractivity contribution in [2.75, 3.05) is 44.7 Å². The molecule has 3 aromatic carbocycles. The third-order valence-electron chi connectivity index (χ3n) is 8.08. The monoisotopic (exact) mass is 524 g/mol. The third kappa shape index (κ3) is 4.44. The number of carbonyl (C=O) groups excluding carboxylic acids is 3. The molecule has 2 aliphatic rings. The number of ketones is 1. The number of fused-ring (bicyclic) bond motifs is 4. The Labute approximate surface area is 227 Å². The molecule has 0 bridgehead atoms. The molecular formula is C31H32N4O4. The number of hydrogen-bond acceptors (Lipinski definition) is 5. The number of ether oxygens (including phenoxy) is 1. The molecule has 1 N–H and O–H groups in total. The summed E-state index contributed by atoms with van der Waals surface area (Å²) in [5, 5.41) is 2.69. The van der Waals surface area contributed by atoms with Gasteiger partial charge in [0.2, 0.25) is 0 Å². The van der Waals surface area contributed by atoms with Gasteiger partial charge in [-0.1, -0.05) is 31.2 Å². The van der Waals surface area contributed by atoms with E-state index in [1.54, 1.807) is 28.0 Å². The van der Waals surface area contributed by atoms with E-state index in [2.05, 4.69) is 16.8 Å². The standard InChI is InChI=1S/C31H32N4O4/c1-4-20-18-35(30(37)26-16-22-15-21(19(2)36)9-10-25(22)32-26)27-17-28(23-7-5-6-8-24(23)29(20)27)39-31(38)34-13-11-33(3)12-14-34/h5-10,15-17,20,32H,4,11-14,18H2,1-3H3/t20-/m1/s1. The van der Waals surface area contributed by atoms with E-state index in [9.17, 15) is 14.4 Å². The minimum Gasteiger partial charge on any atom is -0.409 e. The molecule has 0 radical (unpaired) electrons. The second-order valence-corrected chi connectivity index (χ2v) is 10.6. The van der Waals surface area contributed by atoms with Crippen LogP contribution in [-0.4, -0.2) is 72.3 Å². The van der Waals surface area contributed by atoms with Crippen LogP contribution in [0, 0.1) is 0 Å². The summed E-state index contributed by atoms with van der Waals surface area (Å²) < 4.78 is 6.00. The summed E-state index contributed by atoms with van der Waals surface area (Å²) >= 11 is 0. The average Bonchev–Trinajstić information content (AvgIpc) is 3.54. The van der Waals surface area contributed by atoms with E-state index in [4.69, 9.17) is 4.74 Å². The second kappa shape index (κ2) is 9.85. The quantitative estimate of drug-likeness (QED) is 0.360. The number of likely N-dealkylation sites (N-methyl/N-ethyl adjacent to an activating group) is 1. The zero-order chi connectivity index (χ0) is 27.3. The zero-order valence-electron chi connectivity index (χ0n) is 22.5. The number of hydrogen-bond donors (Lipinski definition) is 1. The minimum atomic E-state index is -0.368. The maximum atomic E-state index is 13.9. The Morgan fingerprint density at radius 2 is 1.72 bits per heavy atom. The summed E-state index contributed by atoms with van der Waals surface area (Å²) in [6, 6.07) is 17.0. The molecule has 8 nitrogen and oxygen atoms in total. The summed E-state index contributed by atoms with van der Waals surface area (Å²) in [7, 11) is 2.04. The van der Waals surface area contributed by atoms with Crippen molar-refractivity contribution in [3.63, 3.8) is 0 Å². The van der Waals surface area contributed by atoms with Crippen LogP contribution in [0.4, 0.5) is 10.5 Å². The number of anilines is 1. The first-order chi connectivity index (χ1) is 18.8. The largest absolute Gasteiger partial charge is 0.415 e. The Kier molecular flexibility index (Phi) is 6.35. The molecule has 2 aliphatic heterocycles. The van der Waals surface area contributed by atoms with E-state index < -0.39 is 0 Å². The van der Waals surface area contributed by atoms with Gasteiger partial charge in [-0.2, -0.15) is 0 Å². The van der Waals surface area contributed by atoms with E-state index in [1.807, 2.05) is 43.4 Å². The van der Waals surface area contributed by atoms with Gasteiger partial charge in [0.1, 0.15) is 11.4 Å². The molecule has 0 saturated carbocycles. The van der Waals surface area contributed by atoms with Gasteiger partial charge in [0.25, 0.3) is 5.91 Å². The van der Waals surface area contributed by atoms with Crippen molar-refractivity contribution in [1.29, 1.82) is 0 Å². The molecule has 1 fully saturated rings. The van der Waals surface area contributed by atoms with E-state index in [-0.39, 0.29) is 23.7 Å². The van der Waals surface area contributed by atoms with Crippen molar-refractivity contribution >= 4 is 45.1 Å². The Balaban J connectivity index is 1.39. The smallest absolute Gasteiger partial charge is 0.409 e. The number of Topliss-reactive ketones (excluding diaryl/α,β-unsaturated/α-hetero) is 1. The van der Waals surface area contributed by atoms with Crippen molar-refractivity contribution in [2.24, 2.45) is 0 Å². The van der Waals surface area contributed by atoms with Crippen molar-refractivity contribution in [2.45, 2.75) is 26.2 Å². The van der Waals surface area contributed by atoms with Crippen molar-refractivity contribution in [3.05, 3.63) is 71.4 Å². The lowest BCUT2D eigenvalue weighted by Gasteiger charge is -2.31. The summed E-state index contributed by atoms with van der Waals surface area (Å²) in [6.45, 7) is 7.05. The number of nitrogens with one attached hydrogen (secondary N) is 1. The molecule has 200 valence electrons. The van der Waals surface area contributed by atoms with Crippen molar-refractivity contribution < 1.29 is 19.1 Å². The van der Waals surface area contributed by atoms with E-state index in [1.165, 1.54) is 6.92 Å². The lowest BCUT2D eigenvalue weighted by molar-refractivity contribution is 0.0982. The molecule has 6 rings (SSSR count). The molecule has 8 heteroatoms. The highest BCUT2D eigenvalue weighted by molar-refractivity contribution is 6.11. The Morgan fingerprint density at radius 3 is 2.44 bits per heavy atom. The molecule has 0 aliphatic carbocycles. The molecule has 0 unspecified atom stereocenters. The molecule has 39 heavy (non-hydrogen) atoms. The summed E-state index contributed by atoms with van der Waals surface area (Å²) in [5.41, 5.74) is 3.75. The maximum absolute atomic E-state index is 13.9. The lowest BCUT2D eigenvalue weighted by atomic mass is 9.93. The first kappa shape index (κ1) is 25.1. The molecule has 2 amide bonds. The van der Waals surface area contributed by atoms with Gasteiger partial charge in [0, 0.05) is 66.6 Å². The van der Waals surface area contributed by atoms with Crippen LogP contribution in [0.5, 0.6) is 5.75 Å². The number of piperazine rings is 1. The predicted octanol–water partition coefficient (Wildman–Crippen LogP) is 5.42. The van der Waals surface area contributed by atoms with E-state index in [0.29, 0.717) is 36.6 Å². The summed E-state index contributed by atoms with van der Waals surface area (Å²) in [6.07, 6.45) is 0.503. The van der Waals surface area contributed by atoms with Crippen LogP contribution in [0.25, 0.3) is 21.7 Å². The molecule has 1 atom stereocenters. The number of carbonyl (C=O) groups is 3. The number of H-pyrrole nitrogens is 1. The summed E-state index contributed by atoms with van der Waals surface area (Å²) in [4.78, 5) is 47.8. The number of aromatic amines is 1. The normalized spacial score (nSPS) is 17.6. The Hall–Kier alpha value is -4.17. The van der Waals surface area contributed by atoms with Gasteiger partial charge < -0.3 is 24.4 Å². The average molecular weight is 525 g/mol. The molecule has 4 aromatic rings. The number of aromatic nitrogens is 1. The molecule has 1 aromatic heterocycles. The van der Waals surface area contributed by atoms with Gasteiger partial charge in [-0.3, -0.25) is 9.59 Å². The van der Waals surface area contributed by atoms with Gasteiger partial charge in [0.05, 0.1) is 5.69 Å². The van der Waals surface area contributed by atoms with Crippen molar-refractivity contribution in [3.8, 4) is 5.75 Å². The lowest BCUT2D eigenvalue weighted by Crippen LogP contribution is -2.48. The van der Waals surface area contributed by atoms with Crippen molar-refractivity contribution in [1.82, 2.24) is 14.8 Å². The molecule has 0 spiro atoms. The number of amides is 2. The van der Waals surface area contributed by atoms with Crippen LogP contribution in [-0.2, 0) is 0 Å². The predicted molar refractivity (Wildman–Crippen MR) is 152 cm³/mol. The van der Waals surface area contributed by atoms with E-state index in [0.717, 1.165) is 52.4 Å². The fourth-order valence-electron chi connectivity index (χ4n) is 5.78. The van der Waals surface area contributed by atoms with E-state index >= 15 is 0 Å². The Morgan fingerprint density at radius 1 is 0.974 bits per heavy atom. The zero-order valence-corrected chi connectivity index (χ0v) is 22.5. The SMILES string of the molecule is CC[C@@H]1CN(C(=O)c2cc3cc(C(C)=O)ccc3[nH]2)c2cc(OC(=O)N3CCN(C)CC3)c3ccccc3c21. The number of benzene rings is 3. The van der Waals surface area contributed by atoms with Crippen LogP contribution in [0.1, 0.15) is 52.6 Å². The molecule has 3 heterocycles. The molecule has 1 saturated heterocycles. The first-order valence-corrected chi connectivity index (χ1v) is 13.5. The highest BCUT2D eigenvalue weighted by atomic mass is 16.6. The van der Waals surface area contributed by atoms with Crippen LogP contribution in [0.15, 0.2) is 54.6 Å². The van der Waals surface area contributed by atoms with Gasteiger partial charge >= 0.3 is 6.09 Å². The Bertz CT molecular complexity index is 1620. The fourth-order valence-corrected chi connectivity index (χ4v) is 5.78. The number of nitrogens with zero attached hydrogens (tertiary/aromatic N) is 3. The summed E-state index contributed by atoms with van der Waals surface area (Å²) in [5.74, 6) is 0.450. The van der Waals surface area contributed by atoms with Crippen LogP contribution in [0.2, 0.25) is 0 Å². The van der Waals surface area contributed by atoms with Gasteiger partial charge in [-0.05, 0) is 55.6 Å². The van der Waals surface area contributed by atoms with Gasteiger partial charge in [-0.15, -0.1) is 0 Å².